The van der Waals surface area contributed by atoms with Crippen molar-refractivity contribution in [3.8, 4) is 0 Å². The molecule has 6 heteroatoms. The first-order valence-electron chi connectivity index (χ1n) is 7.12. The van der Waals surface area contributed by atoms with Gasteiger partial charge >= 0.3 is 5.97 Å². The molecule has 1 saturated carbocycles. The van der Waals surface area contributed by atoms with Crippen molar-refractivity contribution in [3.63, 3.8) is 0 Å². The lowest BCUT2D eigenvalue weighted by Gasteiger charge is -2.35. The molecule has 1 aliphatic rings. The first-order valence-corrected chi connectivity index (χ1v) is 7.12. The highest BCUT2D eigenvalue weighted by Gasteiger charge is 2.36. The van der Waals surface area contributed by atoms with Crippen molar-refractivity contribution >= 4 is 11.9 Å². The number of furan rings is 1. The maximum atomic E-state index is 11.8. The zero-order chi connectivity index (χ0) is 15.3. The summed E-state index contributed by atoms with van der Waals surface area (Å²) in [6.45, 7) is 0.195. The van der Waals surface area contributed by atoms with Crippen molar-refractivity contribution < 1.29 is 23.8 Å². The Kier molecular flexibility index (Phi) is 5.01. The van der Waals surface area contributed by atoms with Gasteiger partial charge in [-0.25, -0.2) is 0 Å². The number of esters is 1. The molecule has 1 aliphatic carbocycles. The van der Waals surface area contributed by atoms with Crippen molar-refractivity contribution in [3.05, 3.63) is 24.2 Å². The van der Waals surface area contributed by atoms with E-state index in [1.54, 1.807) is 12.1 Å². The van der Waals surface area contributed by atoms with Gasteiger partial charge < -0.3 is 19.6 Å². The number of ether oxygens (including phenoxy) is 1. The molecule has 0 aromatic carbocycles. The molecule has 0 spiro atoms. The number of amides is 1. The van der Waals surface area contributed by atoms with Crippen LogP contribution in [0.25, 0.3) is 0 Å². The molecule has 0 bridgehead atoms. The van der Waals surface area contributed by atoms with Gasteiger partial charge in [0.25, 0.3) is 0 Å². The zero-order valence-electron chi connectivity index (χ0n) is 12.1. The largest absolute Gasteiger partial charge is 0.469 e. The highest BCUT2D eigenvalue weighted by atomic mass is 16.5. The monoisotopic (exact) mass is 295 g/mol. The molecule has 1 aromatic rings. The zero-order valence-corrected chi connectivity index (χ0v) is 12.1. The normalized spacial score (nSPS) is 25.3. The van der Waals surface area contributed by atoms with E-state index < -0.39 is 5.60 Å². The fourth-order valence-electron chi connectivity index (χ4n) is 2.63. The van der Waals surface area contributed by atoms with Crippen molar-refractivity contribution in [2.45, 2.75) is 37.7 Å². The van der Waals surface area contributed by atoms with Crippen LogP contribution in [0.4, 0.5) is 0 Å². The molecule has 0 atom stereocenters. The van der Waals surface area contributed by atoms with Gasteiger partial charge in [-0.1, -0.05) is 0 Å². The smallest absolute Gasteiger partial charge is 0.308 e. The lowest BCUT2D eigenvalue weighted by atomic mass is 9.79. The molecule has 1 heterocycles. The van der Waals surface area contributed by atoms with Crippen LogP contribution in [0.3, 0.4) is 0 Å². The first-order chi connectivity index (χ1) is 10.0. The van der Waals surface area contributed by atoms with Crippen LogP contribution in [0.5, 0.6) is 0 Å². The van der Waals surface area contributed by atoms with Gasteiger partial charge in [-0.3, -0.25) is 9.59 Å². The van der Waals surface area contributed by atoms with Crippen LogP contribution < -0.4 is 5.32 Å². The maximum absolute atomic E-state index is 11.8. The summed E-state index contributed by atoms with van der Waals surface area (Å²) < 4.78 is 9.81. The summed E-state index contributed by atoms with van der Waals surface area (Å²) >= 11 is 0. The number of carbonyl (C=O) groups is 2. The fraction of sp³-hybridized carbons (Fsp3) is 0.600. The van der Waals surface area contributed by atoms with Crippen molar-refractivity contribution in [1.29, 1.82) is 0 Å². The molecule has 6 nitrogen and oxygen atoms in total. The summed E-state index contributed by atoms with van der Waals surface area (Å²) in [4.78, 5) is 23.2. The van der Waals surface area contributed by atoms with Crippen LogP contribution in [-0.4, -0.2) is 36.2 Å². The molecule has 0 unspecified atom stereocenters. The van der Waals surface area contributed by atoms with Crippen LogP contribution in [0.1, 0.15) is 31.4 Å². The molecule has 2 rings (SSSR count). The van der Waals surface area contributed by atoms with Crippen LogP contribution in [0, 0.1) is 5.92 Å². The Bertz CT molecular complexity index is 474. The minimum Gasteiger partial charge on any atom is -0.469 e. The van der Waals surface area contributed by atoms with Gasteiger partial charge in [-0.05, 0) is 37.8 Å². The lowest BCUT2D eigenvalue weighted by Crippen LogP contribution is -2.46. The van der Waals surface area contributed by atoms with Crippen LogP contribution in [0.15, 0.2) is 22.8 Å². The molecular weight excluding hydrogens is 274 g/mol. The van der Waals surface area contributed by atoms with Gasteiger partial charge in [-0.15, -0.1) is 0 Å². The molecule has 1 amide bonds. The Morgan fingerprint density at radius 1 is 1.48 bits per heavy atom. The van der Waals surface area contributed by atoms with Crippen molar-refractivity contribution in [1.82, 2.24) is 5.32 Å². The number of nitrogens with one attached hydrogen (secondary N) is 1. The van der Waals surface area contributed by atoms with Crippen molar-refractivity contribution in [2.24, 2.45) is 5.92 Å². The van der Waals surface area contributed by atoms with Gasteiger partial charge in [0.15, 0.2) is 0 Å². The number of rotatable bonds is 5. The summed E-state index contributed by atoms with van der Waals surface area (Å²) in [6, 6.07) is 3.46. The molecule has 0 radical (unpaired) electrons. The van der Waals surface area contributed by atoms with Crippen molar-refractivity contribution in [2.75, 3.05) is 13.7 Å². The second-order valence-electron chi connectivity index (χ2n) is 5.55. The molecule has 2 N–H and O–H groups in total. The molecular formula is C15H21NO5. The maximum Gasteiger partial charge on any atom is 0.308 e. The van der Waals surface area contributed by atoms with E-state index in [-0.39, 0.29) is 30.8 Å². The number of aliphatic hydroxyl groups is 1. The number of hydrogen-bond donors (Lipinski definition) is 2. The van der Waals surface area contributed by atoms with Crippen LogP contribution in [0.2, 0.25) is 0 Å². The Balaban J connectivity index is 1.75. The van der Waals surface area contributed by atoms with Gasteiger partial charge in [-0.2, -0.15) is 0 Å². The summed E-state index contributed by atoms with van der Waals surface area (Å²) in [6.07, 6.45) is 3.80. The van der Waals surface area contributed by atoms with E-state index in [0.29, 0.717) is 31.4 Å². The number of carbonyl (C=O) groups excluding carboxylic acids is 2. The summed E-state index contributed by atoms with van der Waals surface area (Å²) in [5.41, 5.74) is -0.941. The molecule has 1 aromatic heterocycles. The summed E-state index contributed by atoms with van der Waals surface area (Å²) in [5.74, 6) is 0.0374. The minimum atomic E-state index is -0.941. The van der Waals surface area contributed by atoms with E-state index in [4.69, 9.17) is 9.15 Å². The second kappa shape index (κ2) is 6.76. The SMILES string of the molecule is COC(=O)C1CCC(O)(CNC(=O)Cc2ccco2)CC1. The Morgan fingerprint density at radius 2 is 2.19 bits per heavy atom. The number of hydrogen-bond acceptors (Lipinski definition) is 5. The number of methoxy groups -OCH3 is 1. The molecule has 0 saturated heterocycles. The van der Waals surface area contributed by atoms with Gasteiger partial charge in [0.2, 0.25) is 5.91 Å². The third kappa shape index (κ3) is 4.32. The Hall–Kier alpha value is -1.82. The average molecular weight is 295 g/mol. The highest BCUT2D eigenvalue weighted by Crippen LogP contribution is 2.32. The second-order valence-corrected chi connectivity index (χ2v) is 5.55. The predicted molar refractivity (Wildman–Crippen MR) is 74.3 cm³/mol. The fourth-order valence-corrected chi connectivity index (χ4v) is 2.63. The third-order valence-corrected chi connectivity index (χ3v) is 3.98. The molecule has 1 fully saturated rings. The molecule has 0 aliphatic heterocycles. The molecule has 21 heavy (non-hydrogen) atoms. The van der Waals surface area contributed by atoms with E-state index >= 15 is 0 Å². The quantitative estimate of drug-likeness (QED) is 0.792. The van der Waals surface area contributed by atoms with Gasteiger partial charge in [0.05, 0.1) is 31.3 Å². The summed E-state index contributed by atoms with van der Waals surface area (Å²) in [7, 11) is 1.37. The van der Waals surface area contributed by atoms with E-state index in [0.717, 1.165) is 0 Å². The first kappa shape index (κ1) is 15.6. The average Bonchev–Trinajstić information content (AvgIpc) is 2.98. The summed E-state index contributed by atoms with van der Waals surface area (Å²) in [5, 5.41) is 13.2. The predicted octanol–water partition coefficient (Wildman–Crippen LogP) is 1.03. The Labute approximate surface area is 123 Å². The van der Waals surface area contributed by atoms with Gasteiger partial charge in [0.1, 0.15) is 5.76 Å². The lowest BCUT2D eigenvalue weighted by molar-refractivity contribution is -0.148. The Morgan fingerprint density at radius 3 is 2.76 bits per heavy atom. The third-order valence-electron chi connectivity index (χ3n) is 3.98. The van der Waals surface area contributed by atoms with E-state index in [1.165, 1.54) is 13.4 Å². The minimum absolute atomic E-state index is 0.144. The van der Waals surface area contributed by atoms with Crippen LogP contribution >= 0.6 is 0 Å². The standard InChI is InChI=1S/C15H21NO5/c1-20-14(18)11-4-6-15(19,7-5-11)10-16-13(17)9-12-3-2-8-21-12/h2-3,8,11,19H,4-7,9-10H2,1H3,(H,16,17). The van der Waals surface area contributed by atoms with Gasteiger partial charge in [0, 0.05) is 6.54 Å². The highest BCUT2D eigenvalue weighted by molar-refractivity contribution is 5.78. The van der Waals surface area contributed by atoms with E-state index in [9.17, 15) is 14.7 Å². The topological polar surface area (TPSA) is 88.8 Å². The van der Waals surface area contributed by atoms with E-state index in [2.05, 4.69) is 5.32 Å². The molecule has 116 valence electrons. The van der Waals surface area contributed by atoms with Crippen LogP contribution in [-0.2, 0) is 20.7 Å². The van der Waals surface area contributed by atoms with E-state index in [1.807, 2.05) is 0 Å².